The Hall–Kier alpha value is -1.81. The SMILES string of the molecule is N#Cc1ccc(Cl)c(NS(=O)(=O)c2ccnc(Cl)c2)c1. The molecule has 8 heteroatoms. The molecule has 0 aliphatic heterocycles. The van der Waals surface area contributed by atoms with Gasteiger partial charge in [-0.2, -0.15) is 5.26 Å². The van der Waals surface area contributed by atoms with E-state index in [-0.39, 0.29) is 20.8 Å². The number of benzene rings is 1. The van der Waals surface area contributed by atoms with Crippen molar-refractivity contribution < 1.29 is 8.42 Å². The molecule has 0 amide bonds. The molecule has 0 aliphatic carbocycles. The normalized spacial score (nSPS) is 10.8. The average molecular weight is 328 g/mol. The highest BCUT2D eigenvalue weighted by atomic mass is 35.5. The maximum absolute atomic E-state index is 12.2. The van der Waals surface area contributed by atoms with Crippen molar-refractivity contribution in [3.63, 3.8) is 0 Å². The lowest BCUT2D eigenvalue weighted by atomic mass is 10.2. The number of pyridine rings is 1. The Balaban J connectivity index is 2.41. The Morgan fingerprint density at radius 1 is 1.20 bits per heavy atom. The summed E-state index contributed by atoms with van der Waals surface area (Å²) in [5, 5.41) is 9.06. The van der Waals surface area contributed by atoms with Crippen molar-refractivity contribution in [3.05, 3.63) is 52.3 Å². The van der Waals surface area contributed by atoms with Gasteiger partial charge in [0.05, 0.1) is 27.2 Å². The summed E-state index contributed by atoms with van der Waals surface area (Å²) in [7, 11) is -3.85. The fourth-order valence-corrected chi connectivity index (χ4v) is 2.97. The molecule has 1 heterocycles. The summed E-state index contributed by atoms with van der Waals surface area (Å²) in [5.41, 5.74) is 0.415. The van der Waals surface area contributed by atoms with Crippen LogP contribution in [0.4, 0.5) is 5.69 Å². The second-order valence-corrected chi connectivity index (χ2v) is 6.20. The Morgan fingerprint density at radius 2 is 1.95 bits per heavy atom. The highest BCUT2D eigenvalue weighted by Gasteiger charge is 2.16. The fraction of sp³-hybridized carbons (Fsp3) is 0. The molecule has 5 nitrogen and oxygen atoms in total. The van der Waals surface area contributed by atoms with E-state index in [1.165, 1.54) is 36.5 Å². The standard InChI is InChI=1S/C12H7Cl2N3O2S/c13-10-2-1-8(7-15)5-11(10)17-20(18,19)9-3-4-16-12(14)6-9/h1-6,17H. The van der Waals surface area contributed by atoms with E-state index >= 15 is 0 Å². The first-order valence-corrected chi connectivity index (χ1v) is 7.50. The second kappa shape index (κ2) is 5.67. The second-order valence-electron chi connectivity index (χ2n) is 3.73. The molecule has 2 rings (SSSR count). The van der Waals surface area contributed by atoms with Crippen molar-refractivity contribution in [3.8, 4) is 6.07 Å². The highest BCUT2D eigenvalue weighted by Crippen LogP contribution is 2.26. The first kappa shape index (κ1) is 14.6. The zero-order valence-electron chi connectivity index (χ0n) is 9.84. The van der Waals surface area contributed by atoms with Gasteiger partial charge in [-0.3, -0.25) is 4.72 Å². The molecule has 1 aromatic heterocycles. The maximum Gasteiger partial charge on any atom is 0.262 e. The van der Waals surface area contributed by atoms with E-state index in [0.29, 0.717) is 5.56 Å². The predicted octanol–water partition coefficient (Wildman–Crippen LogP) is 3.06. The van der Waals surface area contributed by atoms with Crippen molar-refractivity contribution in [1.29, 1.82) is 5.26 Å². The summed E-state index contributed by atoms with van der Waals surface area (Å²) >= 11 is 11.6. The number of rotatable bonds is 3. The Morgan fingerprint density at radius 3 is 2.60 bits per heavy atom. The van der Waals surface area contributed by atoms with Gasteiger partial charge < -0.3 is 0 Å². The molecule has 2 aromatic rings. The molecule has 0 radical (unpaired) electrons. The van der Waals surface area contributed by atoms with Crippen LogP contribution < -0.4 is 4.72 Å². The zero-order valence-corrected chi connectivity index (χ0v) is 12.2. The van der Waals surface area contributed by atoms with Crippen LogP contribution in [0, 0.1) is 11.3 Å². The van der Waals surface area contributed by atoms with Crippen LogP contribution in [-0.4, -0.2) is 13.4 Å². The summed E-state index contributed by atoms with van der Waals surface area (Å²) in [4.78, 5) is 3.66. The van der Waals surface area contributed by atoms with E-state index in [1.54, 1.807) is 0 Å². The lowest BCUT2D eigenvalue weighted by molar-refractivity contribution is 0.601. The monoisotopic (exact) mass is 327 g/mol. The summed E-state index contributed by atoms with van der Waals surface area (Å²) in [6.07, 6.45) is 1.28. The third-order valence-electron chi connectivity index (χ3n) is 2.35. The Kier molecular flexibility index (Phi) is 4.14. The molecule has 0 bridgehead atoms. The highest BCUT2D eigenvalue weighted by molar-refractivity contribution is 7.92. The van der Waals surface area contributed by atoms with Crippen LogP contribution in [0.25, 0.3) is 0 Å². The number of hydrogen-bond acceptors (Lipinski definition) is 4. The molecule has 0 unspecified atom stereocenters. The summed E-state index contributed by atoms with van der Waals surface area (Å²) in [6, 6.07) is 8.70. The van der Waals surface area contributed by atoms with Gasteiger partial charge in [-0.1, -0.05) is 23.2 Å². The van der Waals surface area contributed by atoms with Crippen LogP contribution in [-0.2, 0) is 10.0 Å². The van der Waals surface area contributed by atoms with Crippen LogP contribution in [0.5, 0.6) is 0 Å². The van der Waals surface area contributed by atoms with Gasteiger partial charge in [-0.05, 0) is 30.3 Å². The maximum atomic E-state index is 12.2. The lowest BCUT2D eigenvalue weighted by Gasteiger charge is -2.09. The first-order chi connectivity index (χ1) is 9.42. The van der Waals surface area contributed by atoms with E-state index in [4.69, 9.17) is 28.5 Å². The largest absolute Gasteiger partial charge is 0.278 e. The average Bonchev–Trinajstić information content (AvgIpc) is 2.41. The van der Waals surface area contributed by atoms with Crippen LogP contribution in [0.3, 0.4) is 0 Å². The van der Waals surface area contributed by atoms with Crippen molar-refractivity contribution in [1.82, 2.24) is 4.98 Å². The van der Waals surface area contributed by atoms with Crippen LogP contribution in [0.1, 0.15) is 5.56 Å². The zero-order chi connectivity index (χ0) is 14.8. The number of nitrogens with zero attached hydrogens (tertiary/aromatic N) is 2. The number of nitriles is 1. The summed E-state index contributed by atoms with van der Waals surface area (Å²) < 4.78 is 26.6. The van der Waals surface area contributed by atoms with E-state index in [2.05, 4.69) is 9.71 Å². The van der Waals surface area contributed by atoms with Crippen molar-refractivity contribution in [2.45, 2.75) is 4.90 Å². The van der Waals surface area contributed by atoms with E-state index in [9.17, 15) is 8.42 Å². The smallest absolute Gasteiger partial charge is 0.262 e. The van der Waals surface area contributed by atoms with Crippen LogP contribution in [0.2, 0.25) is 10.2 Å². The molecule has 102 valence electrons. The molecule has 0 saturated heterocycles. The van der Waals surface area contributed by atoms with E-state index < -0.39 is 10.0 Å². The van der Waals surface area contributed by atoms with Crippen LogP contribution in [0.15, 0.2) is 41.4 Å². The minimum absolute atomic E-state index is 0.0454. The molecule has 0 atom stereocenters. The minimum atomic E-state index is -3.85. The van der Waals surface area contributed by atoms with Gasteiger partial charge in [0.2, 0.25) is 0 Å². The number of sulfonamides is 1. The van der Waals surface area contributed by atoms with Gasteiger partial charge in [0.15, 0.2) is 0 Å². The molecule has 0 fully saturated rings. The Labute approximate surface area is 125 Å². The predicted molar refractivity (Wildman–Crippen MR) is 76.2 cm³/mol. The number of nitrogens with one attached hydrogen (secondary N) is 1. The van der Waals surface area contributed by atoms with Gasteiger partial charge >= 0.3 is 0 Å². The molecular weight excluding hydrogens is 321 g/mol. The van der Waals surface area contributed by atoms with E-state index in [1.807, 2.05) is 6.07 Å². The third-order valence-corrected chi connectivity index (χ3v) is 4.25. The molecule has 0 spiro atoms. The number of halogens is 2. The van der Waals surface area contributed by atoms with Crippen LogP contribution >= 0.6 is 23.2 Å². The lowest BCUT2D eigenvalue weighted by Crippen LogP contribution is -2.13. The number of hydrogen-bond donors (Lipinski definition) is 1. The van der Waals surface area contributed by atoms with Crippen molar-refractivity contribution in [2.24, 2.45) is 0 Å². The number of anilines is 1. The van der Waals surface area contributed by atoms with Gasteiger partial charge in [0, 0.05) is 6.20 Å². The molecule has 1 N–H and O–H groups in total. The molecule has 0 saturated carbocycles. The topological polar surface area (TPSA) is 82.9 Å². The first-order valence-electron chi connectivity index (χ1n) is 5.26. The molecule has 1 aromatic carbocycles. The van der Waals surface area contributed by atoms with Gasteiger partial charge in [0.1, 0.15) is 5.15 Å². The third kappa shape index (κ3) is 3.20. The van der Waals surface area contributed by atoms with Gasteiger partial charge in [-0.15, -0.1) is 0 Å². The number of aromatic nitrogens is 1. The molecular formula is C12H7Cl2N3O2S. The summed E-state index contributed by atoms with van der Waals surface area (Å²) in [6.45, 7) is 0. The Bertz CT molecular complexity index is 801. The minimum Gasteiger partial charge on any atom is -0.278 e. The van der Waals surface area contributed by atoms with Gasteiger partial charge in [-0.25, -0.2) is 13.4 Å². The summed E-state index contributed by atoms with van der Waals surface area (Å²) in [5.74, 6) is 0. The van der Waals surface area contributed by atoms with Crippen molar-refractivity contribution in [2.75, 3.05) is 4.72 Å². The molecule has 20 heavy (non-hydrogen) atoms. The van der Waals surface area contributed by atoms with Crippen molar-refractivity contribution >= 4 is 38.9 Å². The van der Waals surface area contributed by atoms with Gasteiger partial charge in [0.25, 0.3) is 10.0 Å². The molecule has 0 aliphatic rings. The van der Waals surface area contributed by atoms with E-state index in [0.717, 1.165) is 0 Å². The quantitative estimate of drug-likeness (QED) is 0.878. The fourth-order valence-electron chi connectivity index (χ4n) is 1.43.